The Balaban J connectivity index is 1.82. The van der Waals surface area contributed by atoms with E-state index in [1.165, 1.54) is 12.1 Å². The van der Waals surface area contributed by atoms with Crippen molar-refractivity contribution in [3.8, 4) is 0 Å². The summed E-state index contributed by atoms with van der Waals surface area (Å²) >= 11 is 0. The van der Waals surface area contributed by atoms with Crippen molar-refractivity contribution in [1.29, 1.82) is 0 Å². The predicted molar refractivity (Wildman–Crippen MR) is 82.2 cm³/mol. The minimum absolute atomic E-state index is 0.0126. The zero-order chi connectivity index (χ0) is 17.5. The molecule has 0 unspecified atom stereocenters. The molecular weight excluding hydrogens is 321 g/mol. The number of hydrogen-bond donors (Lipinski definition) is 2. The zero-order valence-corrected chi connectivity index (χ0v) is 12.9. The van der Waals surface area contributed by atoms with Gasteiger partial charge in [0, 0.05) is 23.4 Å². The van der Waals surface area contributed by atoms with E-state index in [0.717, 1.165) is 24.2 Å². The molecule has 0 saturated carbocycles. The Morgan fingerprint density at radius 3 is 2.42 bits per heavy atom. The summed E-state index contributed by atoms with van der Waals surface area (Å²) in [5.41, 5.74) is 1.65. The van der Waals surface area contributed by atoms with Crippen LogP contribution in [-0.4, -0.2) is 16.7 Å². The Morgan fingerprint density at radius 1 is 1.17 bits per heavy atom. The standard InChI is InChI=1S/C17H15F3N2O2/c1-9-14-12(3-2-4-13(14)23)22-15(9)16(24)21-11-7-5-10(6-8-11)17(18,19)20/h5-8,22H,2-4H2,1H3,(H,21,24). The highest BCUT2D eigenvalue weighted by Crippen LogP contribution is 2.30. The number of aromatic nitrogens is 1. The van der Waals surface area contributed by atoms with Crippen LogP contribution in [0.25, 0.3) is 0 Å². The fourth-order valence-corrected chi connectivity index (χ4v) is 2.94. The lowest BCUT2D eigenvalue weighted by Crippen LogP contribution is -2.14. The second-order valence-electron chi connectivity index (χ2n) is 5.78. The number of amides is 1. The topological polar surface area (TPSA) is 62.0 Å². The number of aromatic amines is 1. The van der Waals surface area contributed by atoms with E-state index in [-0.39, 0.29) is 17.2 Å². The molecule has 0 atom stereocenters. The molecule has 0 aliphatic heterocycles. The summed E-state index contributed by atoms with van der Waals surface area (Å²) in [6, 6.07) is 4.21. The molecule has 1 aromatic heterocycles. The molecule has 7 heteroatoms. The van der Waals surface area contributed by atoms with Crippen LogP contribution in [0.4, 0.5) is 18.9 Å². The Kier molecular flexibility index (Phi) is 3.95. The third kappa shape index (κ3) is 2.93. The number of rotatable bonds is 2. The lowest BCUT2D eigenvalue weighted by atomic mass is 9.94. The van der Waals surface area contributed by atoms with E-state index in [2.05, 4.69) is 10.3 Å². The number of nitrogens with one attached hydrogen (secondary N) is 2. The molecule has 0 saturated heterocycles. The third-order valence-corrected chi connectivity index (χ3v) is 4.13. The number of hydrogen-bond acceptors (Lipinski definition) is 2. The van der Waals surface area contributed by atoms with Crippen LogP contribution in [0.1, 0.15) is 50.5 Å². The fourth-order valence-electron chi connectivity index (χ4n) is 2.94. The minimum atomic E-state index is -4.42. The predicted octanol–water partition coefficient (Wildman–Crippen LogP) is 4.11. The SMILES string of the molecule is Cc1c(C(=O)Nc2ccc(C(F)(F)F)cc2)[nH]c2c1C(=O)CCC2. The smallest absolute Gasteiger partial charge is 0.354 e. The molecule has 1 aliphatic rings. The summed E-state index contributed by atoms with van der Waals surface area (Å²) in [5, 5.41) is 2.55. The number of benzene rings is 1. The molecule has 3 rings (SSSR count). The van der Waals surface area contributed by atoms with Crippen LogP contribution in [0, 0.1) is 6.92 Å². The molecule has 4 nitrogen and oxygen atoms in total. The maximum atomic E-state index is 12.5. The molecule has 24 heavy (non-hydrogen) atoms. The molecular formula is C17H15F3N2O2. The minimum Gasteiger partial charge on any atom is -0.354 e. The number of anilines is 1. The monoisotopic (exact) mass is 336 g/mol. The van der Waals surface area contributed by atoms with Crippen LogP contribution in [0.5, 0.6) is 0 Å². The second-order valence-corrected chi connectivity index (χ2v) is 5.78. The van der Waals surface area contributed by atoms with Gasteiger partial charge in [-0.05, 0) is 49.6 Å². The molecule has 1 amide bonds. The van der Waals surface area contributed by atoms with Gasteiger partial charge in [0.25, 0.3) is 5.91 Å². The maximum Gasteiger partial charge on any atom is 0.416 e. The van der Waals surface area contributed by atoms with Gasteiger partial charge in [-0.1, -0.05) is 0 Å². The summed E-state index contributed by atoms with van der Waals surface area (Å²) in [6.07, 6.45) is -2.51. The van der Waals surface area contributed by atoms with Crippen molar-refractivity contribution in [2.24, 2.45) is 0 Å². The van der Waals surface area contributed by atoms with E-state index in [9.17, 15) is 22.8 Å². The second kappa shape index (κ2) is 5.81. The van der Waals surface area contributed by atoms with Gasteiger partial charge >= 0.3 is 6.18 Å². The Hall–Kier alpha value is -2.57. The van der Waals surface area contributed by atoms with Gasteiger partial charge in [-0.2, -0.15) is 13.2 Å². The van der Waals surface area contributed by atoms with Crippen LogP contribution >= 0.6 is 0 Å². The van der Waals surface area contributed by atoms with Gasteiger partial charge in [0.15, 0.2) is 5.78 Å². The fraction of sp³-hybridized carbons (Fsp3) is 0.294. The first kappa shape index (κ1) is 16.3. The first-order chi connectivity index (χ1) is 11.3. The van der Waals surface area contributed by atoms with E-state index < -0.39 is 17.6 Å². The van der Waals surface area contributed by atoms with Crippen LogP contribution in [0.15, 0.2) is 24.3 Å². The van der Waals surface area contributed by atoms with E-state index in [0.29, 0.717) is 24.0 Å². The average Bonchev–Trinajstić information content (AvgIpc) is 2.85. The number of halogens is 3. The van der Waals surface area contributed by atoms with Gasteiger partial charge in [0.05, 0.1) is 5.56 Å². The van der Waals surface area contributed by atoms with E-state index in [1.807, 2.05) is 0 Å². The maximum absolute atomic E-state index is 12.5. The Bertz CT molecular complexity index is 804. The van der Waals surface area contributed by atoms with Gasteiger partial charge in [-0.25, -0.2) is 0 Å². The summed E-state index contributed by atoms with van der Waals surface area (Å²) in [6.45, 7) is 1.69. The van der Waals surface area contributed by atoms with E-state index in [1.54, 1.807) is 6.92 Å². The first-order valence-electron chi connectivity index (χ1n) is 7.50. The molecule has 126 valence electrons. The zero-order valence-electron chi connectivity index (χ0n) is 12.9. The lowest BCUT2D eigenvalue weighted by molar-refractivity contribution is -0.137. The van der Waals surface area contributed by atoms with Crippen LogP contribution < -0.4 is 5.32 Å². The number of Topliss-reactive ketones (excluding diaryl/α,β-unsaturated/α-hetero) is 1. The van der Waals surface area contributed by atoms with Crippen molar-refractivity contribution in [3.63, 3.8) is 0 Å². The molecule has 2 N–H and O–H groups in total. The highest BCUT2D eigenvalue weighted by Gasteiger charge is 2.30. The molecule has 2 aromatic rings. The number of ketones is 1. The van der Waals surface area contributed by atoms with Gasteiger partial charge in [-0.15, -0.1) is 0 Å². The van der Waals surface area contributed by atoms with E-state index >= 15 is 0 Å². The highest BCUT2D eigenvalue weighted by atomic mass is 19.4. The first-order valence-corrected chi connectivity index (χ1v) is 7.50. The van der Waals surface area contributed by atoms with Gasteiger partial charge in [0.1, 0.15) is 5.69 Å². The molecule has 0 bridgehead atoms. The van der Waals surface area contributed by atoms with E-state index in [4.69, 9.17) is 0 Å². The third-order valence-electron chi connectivity index (χ3n) is 4.13. The molecule has 1 aliphatic carbocycles. The highest BCUT2D eigenvalue weighted by molar-refractivity contribution is 6.08. The summed E-state index contributed by atoms with van der Waals surface area (Å²) in [4.78, 5) is 27.3. The Labute approximate surface area is 136 Å². The van der Waals surface area contributed by atoms with Gasteiger partial charge < -0.3 is 10.3 Å². The van der Waals surface area contributed by atoms with Crippen LogP contribution in [-0.2, 0) is 12.6 Å². The number of alkyl halides is 3. The van der Waals surface area contributed by atoms with Gasteiger partial charge in [0.2, 0.25) is 0 Å². The number of carbonyl (C=O) groups excluding carboxylic acids is 2. The van der Waals surface area contributed by atoms with Crippen LogP contribution in [0.2, 0.25) is 0 Å². The van der Waals surface area contributed by atoms with Crippen molar-refractivity contribution in [2.75, 3.05) is 5.32 Å². The number of H-pyrrole nitrogens is 1. The normalized spacial score (nSPS) is 14.4. The summed E-state index contributed by atoms with van der Waals surface area (Å²) < 4.78 is 37.6. The Morgan fingerprint density at radius 2 is 1.83 bits per heavy atom. The van der Waals surface area contributed by atoms with Crippen molar-refractivity contribution in [3.05, 3.63) is 52.3 Å². The summed E-state index contributed by atoms with van der Waals surface area (Å²) in [7, 11) is 0. The van der Waals surface area contributed by atoms with Crippen molar-refractivity contribution in [1.82, 2.24) is 4.98 Å². The molecule has 1 heterocycles. The number of aryl methyl sites for hydroxylation is 1. The number of fused-ring (bicyclic) bond motifs is 1. The molecule has 0 fully saturated rings. The lowest BCUT2D eigenvalue weighted by Gasteiger charge is -2.09. The van der Waals surface area contributed by atoms with Crippen molar-refractivity contribution in [2.45, 2.75) is 32.4 Å². The van der Waals surface area contributed by atoms with Crippen LogP contribution in [0.3, 0.4) is 0 Å². The largest absolute Gasteiger partial charge is 0.416 e. The molecule has 0 radical (unpaired) electrons. The average molecular weight is 336 g/mol. The molecule has 0 spiro atoms. The van der Waals surface area contributed by atoms with Crippen molar-refractivity contribution >= 4 is 17.4 Å². The molecule has 1 aromatic carbocycles. The summed E-state index contributed by atoms with van der Waals surface area (Å²) in [5.74, 6) is -0.465. The van der Waals surface area contributed by atoms with Gasteiger partial charge in [-0.3, -0.25) is 9.59 Å². The quantitative estimate of drug-likeness (QED) is 0.867. The van der Waals surface area contributed by atoms with Crippen molar-refractivity contribution < 1.29 is 22.8 Å². The number of carbonyl (C=O) groups is 2.